The van der Waals surface area contributed by atoms with Crippen LogP contribution in [0.1, 0.15) is 6.42 Å². The third-order valence-corrected chi connectivity index (χ3v) is 0.750. The molecule has 0 fully saturated rings. The summed E-state index contributed by atoms with van der Waals surface area (Å²) in [6, 6.07) is 1.67. The van der Waals surface area contributed by atoms with Gasteiger partial charge in [0.1, 0.15) is 11.0 Å². The molecular formula is C4H4INO2. The maximum Gasteiger partial charge on any atom is 0.320 e. The molecule has 0 spiro atoms. The van der Waals surface area contributed by atoms with E-state index in [-0.39, 0.29) is 6.42 Å². The molecule has 0 radical (unpaired) electrons. The Hall–Kier alpha value is -0.310. The van der Waals surface area contributed by atoms with Crippen LogP contribution in [0.15, 0.2) is 0 Å². The predicted octanol–water partition coefficient (Wildman–Crippen LogP) is 0.836. The minimum Gasteiger partial charge on any atom is -0.454 e. The van der Waals surface area contributed by atoms with Gasteiger partial charge >= 0.3 is 5.97 Å². The van der Waals surface area contributed by atoms with Crippen LogP contribution in [0, 0.1) is 11.3 Å². The standard InChI is InChI=1S/C4H4INO2/c5-3-8-4(7)1-2-6/h1,3H2. The number of rotatable bonds is 2. The molecule has 0 heterocycles. The van der Waals surface area contributed by atoms with Crippen LogP contribution >= 0.6 is 22.6 Å². The zero-order chi connectivity index (χ0) is 6.41. The summed E-state index contributed by atoms with van der Waals surface area (Å²) < 4.78 is 4.73. The lowest BCUT2D eigenvalue weighted by atomic mass is 10.5. The molecule has 0 aromatic rings. The van der Waals surface area contributed by atoms with Gasteiger partial charge in [-0.15, -0.1) is 0 Å². The van der Waals surface area contributed by atoms with E-state index in [0.29, 0.717) is 4.61 Å². The Morgan fingerprint density at radius 1 is 1.88 bits per heavy atom. The normalized spacial score (nSPS) is 7.50. The summed E-state index contributed by atoms with van der Waals surface area (Å²) in [6.45, 7) is 0. The van der Waals surface area contributed by atoms with Crippen LogP contribution in [0.2, 0.25) is 0 Å². The fraction of sp³-hybridized carbons (Fsp3) is 0.500. The molecule has 8 heavy (non-hydrogen) atoms. The fourth-order valence-electron chi connectivity index (χ4n) is 0.176. The van der Waals surface area contributed by atoms with E-state index in [4.69, 9.17) is 5.26 Å². The molecule has 0 aliphatic heterocycles. The topological polar surface area (TPSA) is 50.1 Å². The smallest absolute Gasteiger partial charge is 0.320 e. The number of carbonyl (C=O) groups excluding carboxylic acids is 1. The lowest BCUT2D eigenvalue weighted by Gasteiger charge is -1.91. The lowest BCUT2D eigenvalue weighted by Crippen LogP contribution is -1.99. The van der Waals surface area contributed by atoms with Crippen LogP contribution < -0.4 is 0 Å². The molecule has 0 amide bonds. The van der Waals surface area contributed by atoms with Crippen LogP contribution in [-0.2, 0) is 9.53 Å². The monoisotopic (exact) mass is 225 g/mol. The zero-order valence-corrected chi connectivity index (χ0v) is 6.21. The number of nitrogens with zero attached hydrogens (tertiary/aromatic N) is 1. The van der Waals surface area contributed by atoms with E-state index < -0.39 is 5.97 Å². The Bertz CT molecular complexity index is 118. The van der Waals surface area contributed by atoms with Crippen molar-refractivity contribution >= 4 is 28.6 Å². The Morgan fingerprint density at radius 2 is 2.50 bits per heavy atom. The Balaban J connectivity index is 3.23. The maximum absolute atomic E-state index is 10.2. The Labute approximate surface area is 60.8 Å². The number of alkyl halides is 1. The largest absolute Gasteiger partial charge is 0.454 e. The molecule has 4 heteroatoms. The van der Waals surface area contributed by atoms with Crippen LogP contribution in [0.25, 0.3) is 0 Å². The summed E-state index contributed by atoms with van der Waals surface area (Å²) in [4.78, 5) is 10.2. The molecule has 0 aromatic carbocycles. The first-order valence-electron chi connectivity index (χ1n) is 1.89. The van der Waals surface area contributed by atoms with Crippen LogP contribution in [-0.4, -0.2) is 10.6 Å². The molecule has 0 rings (SSSR count). The van der Waals surface area contributed by atoms with Crippen molar-refractivity contribution in [2.75, 3.05) is 4.61 Å². The van der Waals surface area contributed by atoms with Crippen molar-refractivity contribution in [3.63, 3.8) is 0 Å². The molecule has 0 aliphatic rings. The quantitative estimate of drug-likeness (QED) is 0.397. The average Bonchev–Trinajstić information content (AvgIpc) is 1.68. The Kier molecular flexibility index (Phi) is 4.65. The first kappa shape index (κ1) is 7.69. The van der Waals surface area contributed by atoms with Crippen molar-refractivity contribution in [2.45, 2.75) is 6.42 Å². The molecule has 0 aromatic heterocycles. The molecule has 0 atom stereocenters. The van der Waals surface area contributed by atoms with Crippen molar-refractivity contribution in [2.24, 2.45) is 0 Å². The minimum absolute atomic E-state index is 0.150. The molecule has 3 nitrogen and oxygen atoms in total. The molecule has 0 unspecified atom stereocenters. The molecule has 0 aliphatic carbocycles. The van der Waals surface area contributed by atoms with Gasteiger partial charge in [0.05, 0.1) is 6.07 Å². The van der Waals surface area contributed by atoms with E-state index in [2.05, 4.69) is 4.74 Å². The summed E-state index contributed by atoms with van der Waals surface area (Å²) in [5.74, 6) is -0.457. The average molecular weight is 225 g/mol. The summed E-state index contributed by atoms with van der Waals surface area (Å²) in [6.07, 6.45) is -0.150. The second-order valence-electron chi connectivity index (χ2n) is 0.960. The molecule has 0 saturated carbocycles. The number of hydrogen-bond acceptors (Lipinski definition) is 3. The van der Waals surface area contributed by atoms with Gasteiger partial charge in [0.25, 0.3) is 0 Å². The van der Waals surface area contributed by atoms with Gasteiger partial charge in [0.2, 0.25) is 0 Å². The number of esters is 1. The maximum atomic E-state index is 10.2. The van der Waals surface area contributed by atoms with E-state index in [1.807, 2.05) is 22.6 Å². The van der Waals surface area contributed by atoms with Gasteiger partial charge in [0.15, 0.2) is 0 Å². The summed E-state index contributed by atoms with van der Waals surface area (Å²) in [7, 11) is 0. The van der Waals surface area contributed by atoms with Crippen molar-refractivity contribution in [3.05, 3.63) is 0 Å². The Morgan fingerprint density at radius 3 is 2.88 bits per heavy atom. The highest BCUT2D eigenvalue weighted by Gasteiger charge is 1.96. The lowest BCUT2D eigenvalue weighted by molar-refractivity contribution is -0.139. The van der Waals surface area contributed by atoms with Crippen LogP contribution in [0.3, 0.4) is 0 Å². The predicted molar refractivity (Wildman–Crippen MR) is 35.2 cm³/mol. The van der Waals surface area contributed by atoms with E-state index in [1.54, 1.807) is 6.07 Å². The molecular weight excluding hydrogens is 221 g/mol. The van der Waals surface area contributed by atoms with Crippen molar-refractivity contribution < 1.29 is 9.53 Å². The SMILES string of the molecule is N#CCC(=O)OCI. The number of nitriles is 1. The number of ether oxygens (including phenoxy) is 1. The fourth-order valence-corrected chi connectivity index (χ4v) is 0.524. The van der Waals surface area contributed by atoms with Gasteiger partial charge in [-0.25, -0.2) is 0 Å². The van der Waals surface area contributed by atoms with E-state index in [1.165, 1.54) is 0 Å². The third-order valence-electron chi connectivity index (χ3n) is 0.439. The molecule has 0 saturated heterocycles. The van der Waals surface area contributed by atoms with Crippen molar-refractivity contribution in [1.82, 2.24) is 0 Å². The third kappa shape index (κ3) is 3.87. The van der Waals surface area contributed by atoms with E-state index in [0.717, 1.165) is 0 Å². The summed E-state index contributed by atoms with van der Waals surface area (Å²) >= 11 is 1.89. The van der Waals surface area contributed by atoms with Crippen molar-refractivity contribution in [1.29, 1.82) is 5.26 Å². The summed E-state index contributed by atoms with van der Waals surface area (Å²) in [5, 5.41) is 7.91. The second-order valence-corrected chi connectivity index (χ2v) is 1.58. The number of halogens is 1. The molecule has 0 N–H and O–H groups in total. The highest BCUT2D eigenvalue weighted by molar-refractivity contribution is 14.1. The van der Waals surface area contributed by atoms with Gasteiger partial charge < -0.3 is 4.74 Å². The van der Waals surface area contributed by atoms with E-state index >= 15 is 0 Å². The summed E-state index contributed by atoms with van der Waals surface area (Å²) in [5.41, 5.74) is 0. The molecule has 0 bridgehead atoms. The van der Waals surface area contributed by atoms with Gasteiger partial charge in [-0.3, -0.25) is 4.79 Å². The first-order chi connectivity index (χ1) is 3.81. The van der Waals surface area contributed by atoms with Gasteiger partial charge in [-0.05, 0) is 22.6 Å². The molecule has 44 valence electrons. The number of carbonyl (C=O) groups is 1. The van der Waals surface area contributed by atoms with Gasteiger partial charge in [-0.2, -0.15) is 5.26 Å². The first-order valence-corrected chi connectivity index (χ1v) is 3.42. The van der Waals surface area contributed by atoms with Gasteiger partial charge in [-0.1, -0.05) is 0 Å². The van der Waals surface area contributed by atoms with Crippen molar-refractivity contribution in [3.8, 4) is 6.07 Å². The highest BCUT2D eigenvalue weighted by Crippen LogP contribution is 1.87. The zero-order valence-electron chi connectivity index (χ0n) is 4.06. The second kappa shape index (κ2) is 4.84. The van der Waals surface area contributed by atoms with Gasteiger partial charge in [0, 0.05) is 0 Å². The minimum atomic E-state index is -0.457. The highest BCUT2D eigenvalue weighted by atomic mass is 127. The van der Waals surface area contributed by atoms with Crippen LogP contribution in [0.4, 0.5) is 0 Å². The van der Waals surface area contributed by atoms with Crippen LogP contribution in [0.5, 0.6) is 0 Å². The number of hydrogen-bond donors (Lipinski definition) is 0. The van der Waals surface area contributed by atoms with E-state index in [9.17, 15) is 4.79 Å².